The highest BCUT2D eigenvalue weighted by Crippen LogP contribution is 2.29. The number of piperidine rings is 1. The monoisotopic (exact) mass is 337 g/mol. The predicted octanol–water partition coefficient (Wildman–Crippen LogP) is 3.34. The summed E-state index contributed by atoms with van der Waals surface area (Å²) < 4.78 is 1.97. The lowest BCUT2D eigenvalue weighted by molar-refractivity contribution is 0.153. The number of imidazole rings is 1. The van der Waals surface area contributed by atoms with Gasteiger partial charge in [0.1, 0.15) is 11.6 Å². The molecule has 2 heterocycles. The molecule has 1 aliphatic rings. The summed E-state index contributed by atoms with van der Waals surface area (Å²) in [5.74, 6) is 0.698. The average molecular weight is 337 g/mol. The number of benzene rings is 1. The van der Waals surface area contributed by atoms with Crippen molar-refractivity contribution in [3.63, 3.8) is 0 Å². The lowest BCUT2D eigenvalue weighted by atomic mass is 9.80. The van der Waals surface area contributed by atoms with Crippen LogP contribution in [0.1, 0.15) is 46.4 Å². The molecule has 5 heteroatoms. The summed E-state index contributed by atoms with van der Waals surface area (Å²) in [6, 6.07) is 10.6. The van der Waals surface area contributed by atoms with E-state index in [1.165, 1.54) is 0 Å². The molecular formula is C20H27N5. The Morgan fingerprint density at radius 2 is 1.92 bits per heavy atom. The van der Waals surface area contributed by atoms with Crippen LogP contribution in [0.25, 0.3) is 16.6 Å². The van der Waals surface area contributed by atoms with Crippen molar-refractivity contribution in [2.75, 3.05) is 0 Å². The van der Waals surface area contributed by atoms with Crippen molar-refractivity contribution in [3.8, 4) is 6.07 Å². The van der Waals surface area contributed by atoms with Gasteiger partial charge in [0.15, 0.2) is 5.82 Å². The van der Waals surface area contributed by atoms with Crippen LogP contribution in [0.15, 0.2) is 30.5 Å². The standard InChI is InChI=1S/C20H27N5/c1-19(2)10-15(11-20(3,4)24-19)22-13-14(12-21)18-23-16-8-6-7-9-17(16)25(18)5/h6-9,13,15,22,24H,10-11H2,1-5H3. The second-order valence-corrected chi connectivity index (χ2v) is 8.32. The third-order valence-corrected chi connectivity index (χ3v) is 4.80. The molecule has 0 atom stereocenters. The smallest absolute Gasteiger partial charge is 0.153 e. The third-order valence-electron chi connectivity index (χ3n) is 4.80. The molecule has 0 saturated carbocycles. The maximum absolute atomic E-state index is 9.64. The number of nitrogens with one attached hydrogen (secondary N) is 2. The van der Waals surface area contributed by atoms with Gasteiger partial charge in [0.05, 0.1) is 11.0 Å². The van der Waals surface area contributed by atoms with Crippen LogP contribution in [0.3, 0.4) is 0 Å². The maximum atomic E-state index is 9.64. The van der Waals surface area contributed by atoms with Crippen LogP contribution >= 0.6 is 0 Å². The van der Waals surface area contributed by atoms with Crippen molar-refractivity contribution in [2.45, 2.75) is 57.7 Å². The summed E-state index contributed by atoms with van der Waals surface area (Å²) in [5.41, 5.74) is 2.64. The second kappa shape index (κ2) is 6.20. The molecule has 1 saturated heterocycles. The van der Waals surface area contributed by atoms with E-state index in [1.54, 1.807) is 0 Å². The van der Waals surface area contributed by atoms with Gasteiger partial charge in [-0.05, 0) is 52.7 Å². The molecule has 1 aromatic carbocycles. The minimum Gasteiger partial charge on any atom is -0.387 e. The predicted molar refractivity (Wildman–Crippen MR) is 102 cm³/mol. The van der Waals surface area contributed by atoms with E-state index < -0.39 is 0 Å². The van der Waals surface area contributed by atoms with E-state index in [2.05, 4.69) is 49.4 Å². The number of hydrogen-bond acceptors (Lipinski definition) is 4. The van der Waals surface area contributed by atoms with Gasteiger partial charge in [-0.1, -0.05) is 12.1 Å². The number of nitrogens with zero attached hydrogens (tertiary/aromatic N) is 3. The van der Waals surface area contributed by atoms with Crippen LogP contribution in [0.2, 0.25) is 0 Å². The molecule has 0 aliphatic carbocycles. The van der Waals surface area contributed by atoms with Crippen LogP contribution in [0.4, 0.5) is 0 Å². The van der Waals surface area contributed by atoms with E-state index in [9.17, 15) is 5.26 Å². The van der Waals surface area contributed by atoms with E-state index in [1.807, 2.05) is 42.1 Å². The Morgan fingerprint density at radius 1 is 1.28 bits per heavy atom. The molecule has 2 N–H and O–H groups in total. The molecule has 0 radical (unpaired) electrons. The molecule has 0 spiro atoms. The molecule has 1 aromatic heterocycles. The molecule has 3 rings (SSSR count). The zero-order valence-corrected chi connectivity index (χ0v) is 15.7. The highest BCUT2D eigenvalue weighted by Gasteiger charge is 2.37. The summed E-state index contributed by atoms with van der Waals surface area (Å²) in [5, 5.41) is 16.8. The molecule has 132 valence electrons. The Hall–Kier alpha value is -2.32. The van der Waals surface area contributed by atoms with E-state index in [4.69, 9.17) is 0 Å². The number of allylic oxidation sites excluding steroid dienone is 1. The van der Waals surface area contributed by atoms with E-state index >= 15 is 0 Å². The van der Waals surface area contributed by atoms with Crippen molar-refractivity contribution in [1.82, 2.24) is 20.2 Å². The van der Waals surface area contributed by atoms with Gasteiger partial charge in [0, 0.05) is 30.4 Å². The van der Waals surface area contributed by atoms with Gasteiger partial charge in [0.2, 0.25) is 0 Å². The highest BCUT2D eigenvalue weighted by atomic mass is 15.1. The summed E-state index contributed by atoms with van der Waals surface area (Å²) in [6.45, 7) is 8.90. The summed E-state index contributed by atoms with van der Waals surface area (Å²) >= 11 is 0. The Morgan fingerprint density at radius 3 is 2.52 bits per heavy atom. The zero-order valence-electron chi connectivity index (χ0n) is 15.7. The normalized spacial score (nSPS) is 20.4. The van der Waals surface area contributed by atoms with Gasteiger partial charge in [-0.3, -0.25) is 0 Å². The first-order valence-corrected chi connectivity index (χ1v) is 8.78. The summed E-state index contributed by atoms with van der Waals surface area (Å²) in [6.07, 6.45) is 3.85. The Balaban J connectivity index is 1.86. The van der Waals surface area contributed by atoms with Gasteiger partial charge < -0.3 is 15.2 Å². The van der Waals surface area contributed by atoms with Crippen molar-refractivity contribution < 1.29 is 0 Å². The number of aromatic nitrogens is 2. The van der Waals surface area contributed by atoms with Crippen molar-refractivity contribution in [3.05, 3.63) is 36.3 Å². The minimum atomic E-state index is 0.0674. The molecule has 0 unspecified atom stereocenters. The lowest BCUT2D eigenvalue weighted by Crippen LogP contribution is -2.61. The van der Waals surface area contributed by atoms with Gasteiger partial charge >= 0.3 is 0 Å². The first kappa shape index (κ1) is 17.5. The number of rotatable bonds is 3. The molecule has 1 aliphatic heterocycles. The topological polar surface area (TPSA) is 65.7 Å². The van der Waals surface area contributed by atoms with Gasteiger partial charge in [-0.25, -0.2) is 4.98 Å². The fourth-order valence-corrected chi connectivity index (χ4v) is 4.17. The Labute approximate surface area is 149 Å². The Kier molecular flexibility index (Phi) is 4.34. The first-order valence-electron chi connectivity index (χ1n) is 8.78. The van der Waals surface area contributed by atoms with E-state index in [0.29, 0.717) is 17.4 Å². The van der Waals surface area contributed by atoms with Gasteiger partial charge in [-0.15, -0.1) is 0 Å². The molecule has 0 bridgehead atoms. The first-order chi connectivity index (χ1) is 11.7. The second-order valence-electron chi connectivity index (χ2n) is 8.32. The number of nitriles is 1. The quantitative estimate of drug-likeness (QED) is 0.843. The number of fused-ring (bicyclic) bond motifs is 1. The van der Waals surface area contributed by atoms with Crippen LogP contribution in [0, 0.1) is 11.3 Å². The van der Waals surface area contributed by atoms with Crippen molar-refractivity contribution in [2.24, 2.45) is 7.05 Å². The summed E-state index contributed by atoms with van der Waals surface area (Å²) in [7, 11) is 1.95. The fraction of sp³-hybridized carbons (Fsp3) is 0.500. The average Bonchev–Trinajstić information content (AvgIpc) is 2.83. The maximum Gasteiger partial charge on any atom is 0.153 e. The van der Waals surface area contributed by atoms with Crippen molar-refractivity contribution in [1.29, 1.82) is 5.26 Å². The largest absolute Gasteiger partial charge is 0.387 e. The van der Waals surface area contributed by atoms with E-state index in [0.717, 1.165) is 23.9 Å². The Bertz CT molecular complexity index is 835. The fourth-order valence-electron chi connectivity index (χ4n) is 4.17. The van der Waals surface area contributed by atoms with Crippen molar-refractivity contribution >= 4 is 16.6 Å². The van der Waals surface area contributed by atoms with Crippen LogP contribution in [-0.4, -0.2) is 26.7 Å². The molecule has 1 fully saturated rings. The van der Waals surface area contributed by atoms with Gasteiger partial charge in [-0.2, -0.15) is 5.26 Å². The van der Waals surface area contributed by atoms with Crippen LogP contribution < -0.4 is 10.6 Å². The molecule has 2 aromatic rings. The lowest BCUT2D eigenvalue weighted by Gasteiger charge is -2.46. The minimum absolute atomic E-state index is 0.0674. The highest BCUT2D eigenvalue weighted by molar-refractivity contribution is 5.82. The SMILES string of the molecule is Cn1c(C(C#N)=CNC2CC(C)(C)NC(C)(C)C2)nc2ccccc21. The number of aryl methyl sites for hydroxylation is 1. The zero-order chi connectivity index (χ0) is 18.2. The van der Waals surface area contributed by atoms with E-state index in [-0.39, 0.29) is 11.1 Å². The van der Waals surface area contributed by atoms with Gasteiger partial charge in [0.25, 0.3) is 0 Å². The molecular weight excluding hydrogens is 310 g/mol. The van der Waals surface area contributed by atoms with Crippen LogP contribution in [0.5, 0.6) is 0 Å². The third kappa shape index (κ3) is 3.69. The number of hydrogen-bond donors (Lipinski definition) is 2. The number of para-hydroxylation sites is 2. The molecule has 0 amide bonds. The van der Waals surface area contributed by atoms with Crippen LogP contribution in [-0.2, 0) is 7.05 Å². The molecule has 5 nitrogen and oxygen atoms in total. The summed E-state index contributed by atoms with van der Waals surface area (Å²) in [4.78, 5) is 4.62. The molecule has 25 heavy (non-hydrogen) atoms.